The third-order valence-corrected chi connectivity index (χ3v) is 2.86. The largest absolute Gasteiger partial charge is 0.489 e. The predicted octanol–water partition coefficient (Wildman–Crippen LogP) is 1.27. The van der Waals surface area contributed by atoms with Crippen LogP contribution in [0.4, 0.5) is 0 Å². The van der Waals surface area contributed by atoms with E-state index in [-0.39, 0.29) is 12.0 Å². The number of aromatic nitrogens is 1. The third kappa shape index (κ3) is 10.3. The van der Waals surface area contributed by atoms with Gasteiger partial charge in [0.05, 0.1) is 5.69 Å². The van der Waals surface area contributed by atoms with Crippen molar-refractivity contribution in [3.63, 3.8) is 0 Å². The smallest absolute Gasteiger partial charge is 0.414 e. The van der Waals surface area contributed by atoms with Crippen molar-refractivity contribution in [2.45, 2.75) is 52.2 Å². The lowest BCUT2D eigenvalue weighted by molar-refractivity contribution is -0.159. The van der Waals surface area contributed by atoms with Gasteiger partial charge in [-0.25, -0.2) is 9.59 Å². The van der Waals surface area contributed by atoms with Gasteiger partial charge in [-0.15, -0.1) is 0 Å². The van der Waals surface area contributed by atoms with Crippen LogP contribution in [0.25, 0.3) is 0 Å². The SMILES string of the molecule is CC(C)NCC(O)COc1cccnc1C(C)(C)C.O=C(O)C(=O)O. The van der Waals surface area contributed by atoms with Gasteiger partial charge in [-0.05, 0) is 12.1 Å². The Labute approximate surface area is 147 Å². The summed E-state index contributed by atoms with van der Waals surface area (Å²) in [6.45, 7) is 11.2. The third-order valence-electron chi connectivity index (χ3n) is 2.86. The number of hydrogen-bond donors (Lipinski definition) is 4. The van der Waals surface area contributed by atoms with Crippen LogP contribution in [0.1, 0.15) is 40.3 Å². The highest BCUT2D eigenvalue weighted by atomic mass is 16.5. The average molecular weight is 356 g/mol. The Morgan fingerprint density at radius 1 is 1.24 bits per heavy atom. The van der Waals surface area contributed by atoms with Crippen molar-refractivity contribution in [2.75, 3.05) is 13.2 Å². The van der Waals surface area contributed by atoms with Crippen molar-refractivity contribution in [3.05, 3.63) is 24.0 Å². The first-order chi connectivity index (χ1) is 11.4. The second kappa shape index (κ2) is 10.6. The van der Waals surface area contributed by atoms with Gasteiger partial charge in [0.25, 0.3) is 0 Å². The van der Waals surface area contributed by atoms with Crippen LogP contribution in [-0.4, -0.2) is 57.5 Å². The van der Waals surface area contributed by atoms with Crippen molar-refractivity contribution < 1.29 is 29.6 Å². The summed E-state index contributed by atoms with van der Waals surface area (Å²) >= 11 is 0. The number of hydrogen-bond acceptors (Lipinski definition) is 6. The molecule has 0 bridgehead atoms. The van der Waals surface area contributed by atoms with Crippen LogP contribution in [0.15, 0.2) is 18.3 Å². The number of carboxylic acid groups (broad SMARTS) is 2. The van der Waals surface area contributed by atoms with Crippen molar-refractivity contribution >= 4 is 11.9 Å². The van der Waals surface area contributed by atoms with Gasteiger partial charge in [0.1, 0.15) is 18.5 Å². The Hall–Kier alpha value is -2.19. The Bertz CT molecular complexity index is 542. The minimum absolute atomic E-state index is 0.0717. The molecule has 0 spiro atoms. The number of carbonyl (C=O) groups is 2. The molecule has 1 atom stereocenters. The molecular weight excluding hydrogens is 328 g/mol. The number of aliphatic hydroxyl groups excluding tert-OH is 1. The monoisotopic (exact) mass is 356 g/mol. The summed E-state index contributed by atoms with van der Waals surface area (Å²) in [5, 5.41) is 27.8. The minimum atomic E-state index is -1.82. The fraction of sp³-hybridized carbons (Fsp3) is 0.588. The van der Waals surface area contributed by atoms with E-state index in [2.05, 4.69) is 31.1 Å². The molecule has 0 saturated heterocycles. The number of rotatable bonds is 6. The quantitative estimate of drug-likeness (QED) is 0.561. The minimum Gasteiger partial charge on any atom is -0.489 e. The van der Waals surface area contributed by atoms with Crippen molar-refractivity contribution in [1.82, 2.24) is 10.3 Å². The zero-order valence-electron chi connectivity index (χ0n) is 15.3. The molecule has 1 heterocycles. The van der Waals surface area contributed by atoms with E-state index in [1.807, 2.05) is 26.0 Å². The first-order valence-corrected chi connectivity index (χ1v) is 7.91. The van der Waals surface area contributed by atoms with Crippen LogP contribution in [-0.2, 0) is 15.0 Å². The Morgan fingerprint density at radius 2 is 1.80 bits per heavy atom. The number of aliphatic carboxylic acids is 2. The van der Waals surface area contributed by atoms with E-state index in [4.69, 9.17) is 24.5 Å². The molecule has 0 aromatic carbocycles. The van der Waals surface area contributed by atoms with Crippen molar-refractivity contribution in [1.29, 1.82) is 0 Å². The van der Waals surface area contributed by atoms with E-state index in [1.54, 1.807) is 6.20 Å². The number of ether oxygens (including phenoxy) is 1. The summed E-state index contributed by atoms with van der Waals surface area (Å²) in [4.78, 5) is 22.6. The topological polar surface area (TPSA) is 129 Å². The van der Waals surface area contributed by atoms with E-state index in [0.717, 1.165) is 11.4 Å². The van der Waals surface area contributed by atoms with Gasteiger partial charge < -0.3 is 25.4 Å². The molecule has 0 fully saturated rings. The number of pyridine rings is 1. The summed E-state index contributed by atoms with van der Waals surface area (Å²) < 4.78 is 5.71. The highest BCUT2D eigenvalue weighted by Crippen LogP contribution is 2.28. The van der Waals surface area contributed by atoms with Gasteiger partial charge in [0, 0.05) is 24.2 Å². The van der Waals surface area contributed by atoms with Crippen LogP contribution < -0.4 is 10.1 Å². The van der Waals surface area contributed by atoms with Gasteiger partial charge in [-0.1, -0.05) is 34.6 Å². The van der Waals surface area contributed by atoms with E-state index >= 15 is 0 Å². The molecule has 1 aromatic heterocycles. The first kappa shape index (κ1) is 22.8. The van der Waals surface area contributed by atoms with Gasteiger partial charge >= 0.3 is 11.9 Å². The molecule has 0 radical (unpaired) electrons. The molecule has 0 aliphatic carbocycles. The Balaban J connectivity index is 0.000000823. The standard InChI is InChI=1S/C15H26N2O2.C2H2O4/c1-11(2)17-9-12(18)10-19-13-7-6-8-16-14(13)15(3,4)5;3-1(4)2(5)6/h6-8,11-12,17-18H,9-10H2,1-5H3;(H,3,4)(H,5,6). The summed E-state index contributed by atoms with van der Waals surface area (Å²) in [7, 11) is 0. The predicted molar refractivity (Wildman–Crippen MR) is 92.8 cm³/mol. The maximum Gasteiger partial charge on any atom is 0.414 e. The Morgan fingerprint density at radius 3 is 2.24 bits per heavy atom. The normalized spacial score (nSPS) is 12.1. The average Bonchev–Trinajstić information content (AvgIpc) is 2.50. The molecule has 4 N–H and O–H groups in total. The fourth-order valence-electron chi connectivity index (χ4n) is 1.69. The summed E-state index contributed by atoms with van der Waals surface area (Å²) in [5.74, 6) is -2.90. The molecule has 8 nitrogen and oxygen atoms in total. The molecule has 1 aromatic rings. The summed E-state index contributed by atoms with van der Waals surface area (Å²) in [5.41, 5.74) is 0.844. The van der Waals surface area contributed by atoms with Gasteiger partial charge in [0.2, 0.25) is 0 Å². The number of carboxylic acids is 2. The molecule has 8 heteroatoms. The highest BCUT2D eigenvalue weighted by Gasteiger charge is 2.20. The second-order valence-electron chi connectivity index (χ2n) is 6.74. The molecule has 0 saturated carbocycles. The lowest BCUT2D eigenvalue weighted by Crippen LogP contribution is -2.35. The highest BCUT2D eigenvalue weighted by molar-refractivity contribution is 6.27. The lowest BCUT2D eigenvalue weighted by Gasteiger charge is -2.22. The molecule has 0 aliphatic heterocycles. The molecule has 25 heavy (non-hydrogen) atoms. The van der Waals surface area contributed by atoms with Crippen molar-refractivity contribution in [2.24, 2.45) is 0 Å². The van der Waals surface area contributed by atoms with Crippen LogP contribution >= 0.6 is 0 Å². The van der Waals surface area contributed by atoms with Gasteiger partial charge in [-0.2, -0.15) is 0 Å². The van der Waals surface area contributed by atoms with Crippen LogP contribution in [0.2, 0.25) is 0 Å². The lowest BCUT2D eigenvalue weighted by atomic mass is 9.91. The van der Waals surface area contributed by atoms with Gasteiger partial charge in [0.15, 0.2) is 0 Å². The van der Waals surface area contributed by atoms with Crippen LogP contribution in [0, 0.1) is 0 Å². The number of aliphatic hydroxyl groups is 1. The summed E-state index contributed by atoms with van der Waals surface area (Å²) in [6.07, 6.45) is 1.25. The molecule has 1 rings (SSSR count). The zero-order chi connectivity index (χ0) is 19.6. The molecule has 142 valence electrons. The molecule has 1 unspecified atom stereocenters. The fourth-order valence-corrected chi connectivity index (χ4v) is 1.69. The van der Waals surface area contributed by atoms with E-state index in [9.17, 15) is 5.11 Å². The second-order valence-corrected chi connectivity index (χ2v) is 6.74. The number of nitrogens with zero attached hydrogens (tertiary/aromatic N) is 1. The molecule has 0 amide bonds. The maximum absolute atomic E-state index is 9.85. The molecular formula is C17H28N2O6. The zero-order valence-corrected chi connectivity index (χ0v) is 15.3. The van der Waals surface area contributed by atoms with Crippen LogP contribution in [0.5, 0.6) is 5.75 Å². The van der Waals surface area contributed by atoms with E-state index in [0.29, 0.717) is 12.6 Å². The maximum atomic E-state index is 9.85. The van der Waals surface area contributed by atoms with Crippen LogP contribution in [0.3, 0.4) is 0 Å². The Kier molecular flexibility index (Phi) is 9.70. The number of nitrogens with one attached hydrogen (secondary N) is 1. The van der Waals surface area contributed by atoms with E-state index in [1.165, 1.54) is 0 Å². The van der Waals surface area contributed by atoms with E-state index < -0.39 is 18.0 Å². The first-order valence-electron chi connectivity index (χ1n) is 7.91. The van der Waals surface area contributed by atoms with Gasteiger partial charge in [-0.3, -0.25) is 4.98 Å². The van der Waals surface area contributed by atoms with Crippen molar-refractivity contribution in [3.8, 4) is 5.75 Å². The molecule has 0 aliphatic rings. The summed E-state index contributed by atoms with van der Waals surface area (Å²) in [6, 6.07) is 4.11.